The molecule has 1 aliphatic rings. The number of benzene rings is 1. The monoisotopic (exact) mass is 357 g/mol. The first-order valence-corrected chi connectivity index (χ1v) is 10.0. The molecule has 1 amide bonds. The highest BCUT2D eigenvalue weighted by molar-refractivity contribution is 7.17. The molecule has 2 aromatic rings. The highest BCUT2D eigenvalue weighted by Crippen LogP contribution is 2.28. The summed E-state index contributed by atoms with van der Waals surface area (Å²) in [6.45, 7) is 9.07. The van der Waals surface area contributed by atoms with E-state index in [1.165, 1.54) is 24.2 Å². The SMILES string of the molecule is CCCCN1CCCN(C(=O)c2sc(-c3ccccc3)nc2C)CC1. The maximum Gasteiger partial charge on any atom is 0.265 e. The first-order valence-electron chi connectivity index (χ1n) is 9.23. The number of hydrogen-bond acceptors (Lipinski definition) is 4. The maximum atomic E-state index is 13.0. The molecule has 1 aromatic carbocycles. The Bertz CT molecular complexity index is 698. The summed E-state index contributed by atoms with van der Waals surface area (Å²) in [7, 11) is 0. The Morgan fingerprint density at radius 1 is 1.16 bits per heavy atom. The fourth-order valence-corrected chi connectivity index (χ4v) is 4.26. The summed E-state index contributed by atoms with van der Waals surface area (Å²) in [6.07, 6.45) is 3.52. The van der Waals surface area contributed by atoms with Crippen molar-refractivity contribution in [2.24, 2.45) is 0 Å². The van der Waals surface area contributed by atoms with Gasteiger partial charge in [0, 0.05) is 25.2 Å². The first kappa shape index (κ1) is 18.1. The Morgan fingerprint density at radius 3 is 2.72 bits per heavy atom. The van der Waals surface area contributed by atoms with E-state index in [9.17, 15) is 4.79 Å². The Kier molecular flexibility index (Phi) is 6.21. The van der Waals surface area contributed by atoms with Gasteiger partial charge in [-0.25, -0.2) is 4.98 Å². The molecule has 0 atom stereocenters. The molecule has 25 heavy (non-hydrogen) atoms. The number of amides is 1. The number of hydrogen-bond donors (Lipinski definition) is 0. The van der Waals surface area contributed by atoms with Gasteiger partial charge in [-0.05, 0) is 32.9 Å². The second-order valence-electron chi connectivity index (χ2n) is 6.64. The van der Waals surface area contributed by atoms with Crippen LogP contribution in [0, 0.1) is 6.92 Å². The van der Waals surface area contributed by atoms with Crippen LogP contribution in [0.1, 0.15) is 41.6 Å². The largest absolute Gasteiger partial charge is 0.337 e. The molecule has 0 N–H and O–H groups in total. The van der Waals surface area contributed by atoms with Crippen molar-refractivity contribution in [2.75, 3.05) is 32.7 Å². The second kappa shape index (κ2) is 8.59. The second-order valence-corrected chi connectivity index (χ2v) is 7.64. The number of nitrogens with zero attached hydrogens (tertiary/aromatic N) is 3. The molecule has 1 saturated heterocycles. The van der Waals surface area contributed by atoms with Gasteiger partial charge >= 0.3 is 0 Å². The normalized spacial score (nSPS) is 16.0. The average molecular weight is 358 g/mol. The minimum absolute atomic E-state index is 0.148. The predicted molar refractivity (Wildman–Crippen MR) is 104 cm³/mol. The molecule has 0 unspecified atom stereocenters. The van der Waals surface area contributed by atoms with Gasteiger partial charge in [0.1, 0.15) is 9.88 Å². The van der Waals surface area contributed by atoms with Gasteiger partial charge in [0.2, 0.25) is 0 Å². The molecule has 4 nitrogen and oxygen atoms in total. The molecular weight excluding hydrogens is 330 g/mol. The summed E-state index contributed by atoms with van der Waals surface area (Å²) >= 11 is 1.52. The zero-order chi connectivity index (χ0) is 17.6. The van der Waals surface area contributed by atoms with Gasteiger partial charge in [-0.1, -0.05) is 43.7 Å². The standard InChI is InChI=1S/C20H27N3OS/c1-3-4-11-22-12-8-13-23(15-14-22)20(24)18-16(2)21-19(25-18)17-9-6-5-7-10-17/h5-7,9-10H,3-4,8,11-15H2,1-2H3. The average Bonchev–Trinajstić information content (AvgIpc) is 2.88. The minimum Gasteiger partial charge on any atom is -0.337 e. The van der Waals surface area contributed by atoms with Crippen molar-refractivity contribution >= 4 is 17.2 Å². The van der Waals surface area contributed by atoms with E-state index in [4.69, 9.17) is 0 Å². The zero-order valence-corrected chi connectivity index (χ0v) is 16.0. The molecule has 0 saturated carbocycles. The van der Waals surface area contributed by atoms with Crippen LogP contribution in [0.15, 0.2) is 30.3 Å². The molecular formula is C20H27N3OS. The van der Waals surface area contributed by atoms with Crippen LogP contribution < -0.4 is 0 Å². The van der Waals surface area contributed by atoms with Crippen molar-refractivity contribution in [3.8, 4) is 10.6 Å². The summed E-state index contributed by atoms with van der Waals surface area (Å²) < 4.78 is 0. The molecule has 3 rings (SSSR count). The molecule has 1 fully saturated rings. The van der Waals surface area contributed by atoms with Crippen molar-refractivity contribution in [1.82, 2.24) is 14.8 Å². The number of unbranched alkanes of at least 4 members (excludes halogenated alkanes) is 1. The fourth-order valence-electron chi connectivity index (χ4n) is 3.22. The third kappa shape index (κ3) is 4.47. The van der Waals surface area contributed by atoms with Crippen LogP contribution in [0.5, 0.6) is 0 Å². The molecule has 0 radical (unpaired) electrons. The van der Waals surface area contributed by atoms with E-state index < -0.39 is 0 Å². The Morgan fingerprint density at radius 2 is 1.96 bits per heavy atom. The van der Waals surface area contributed by atoms with Crippen LogP contribution in [0.2, 0.25) is 0 Å². The zero-order valence-electron chi connectivity index (χ0n) is 15.2. The van der Waals surface area contributed by atoms with Gasteiger partial charge in [-0.15, -0.1) is 11.3 Å². The third-order valence-corrected chi connectivity index (χ3v) is 5.91. The summed E-state index contributed by atoms with van der Waals surface area (Å²) in [6, 6.07) is 10.1. The van der Waals surface area contributed by atoms with E-state index in [1.807, 2.05) is 42.2 Å². The highest BCUT2D eigenvalue weighted by Gasteiger charge is 2.24. The molecule has 2 heterocycles. The summed E-state index contributed by atoms with van der Waals surface area (Å²) in [4.78, 5) is 23.0. The van der Waals surface area contributed by atoms with E-state index in [1.54, 1.807) is 0 Å². The number of rotatable bonds is 5. The smallest absolute Gasteiger partial charge is 0.265 e. The number of thiazole rings is 1. The van der Waals surface area contributed by atoms with E-state index in [-0.39, 0.29) is 5.91 Å². The lowest BCUT2D eigenvalue weighted by molar-refractivity contribution is 0.0765. The lowest BCUT2D eigenvalue weighted by atomic mass is 10.2. The van der Waals surface area contributed by atoms with Gasteiger partial charge in [-0.2, -0.15) is 0 Å². The van der Waals surface area contributed by atoms with Gasteiger partial charge < -0.3 is 9.80 Å². The number of aryl methyl sites for hydroxylation is 1. The molecule has 1 aromatic heterocycles. The van der Waals surface area contributed by atoms with Crippen LogP contribution >= 0.6 is 11.3 Å². The quantitative estimate of drug-likeness (QED) is 0.809. The predicted octanol–water partition coefficient (Wildman–Crippen LogP) is 4.07. The molecule has 0 spiro atoms. The highest BCUT2D eigenvalue weighted by atomic mass is 32.1. The first-order chi connectivity index (χ1) is 12.2. The number of carbonyl (C=O) groups excluding carboxylic acids is 1. The van der Waals surface area contributed by atoms with Gasteiger partial charge in [0.25, 0.3) is 5.91 Å². The number of aromatic nitrogens is 1. The van der Waals surface area contributed by atoms with Crippen molar-refractivity contribution < 1.29 is 4.79 Å². The van der Waals surface area contributed by atoms with Crippen LogP contribution in [-0.2, 0) is 0 Å². The van der Waals surface area contributed by atoms with E-state index in [0.29, 0.717) is 0 Å². The molecule has 0 aliphatic carbocycles. The van der Waals surface area contributed by atoms with Crippen LogP contribution in [0.4, 0.5) is 0 Å². The molecule has 134 valence electrons. The Hall–Kier alpha value is -1.72. The van der Waals surface area contributed by atoms with Crippen molar-refractivity contribution in [3.05, 3.63) is 40.9 Å². The maximum absolute atomic E-state index is 13.0. The van der Waals surface area contributed by atoms with E-state index in [2.05, 4.69) is 16.8 Å². The Labute approximate surface area is 154 Å². The Balaban J connectivity index is 1.70. The van der Waals surface area contributed by atoms with E-state index >= 15 is 0 Å². The summed E-state index contributed by atoms with van der Waals surface area (Å²) in [5.41, 5.74) is 1.93. The lowest BCUT2D eigenvalue weighted by Gasteiger charge is -2.21. The molecule has 1 aliphatic heterocycles. The van der Waals surface area contributed by atoms with Crippen LogP contribution in [0.25, 0.3) is 10.6 Å². The lowest BCUT2D eigenvalue weighted by Crippen LogP contribution is -2.35. The van der Waals surface area contributed by atoms with Crippen molar-refractivity contribution in [1.29, 1.82) is 0 Å². The van der Waals surface area contributed by atoms with Gasteiger partial charge in [0.15, 0.2) is 0 Å². The third-order valence-electron chi connectivity index (χ3n) is 4.72. The summed E-state index contributed by atoms with van der Waals surface area (Å²) in [5.74, 6) is 0.148. The van der Waals surface area contributed by atoms with Crippen LogP contribution in [-0.4, -0.2) is 53.4 Å². The fraction of sp³-hybridized carbons (Fsp3) is 0.500. The van der Waals surface area contributed by atoms with Gasteiger partial charge in [-0.3, -0.25) is 4.79 Å². The van der Waals surface area contributed by atoms with E-state index in [0.717, 1.165) is 60.3 Å². The van der Waals surface area contributed by atoms with Gasteiger partial charge in [0.05, 0.1) is 5.69 Å². The minimum atomic E-state index is 0.148. The van der Waals surface area contributed by atoms with Crippen molar-refractivity contribution in [3.63, 3.8) is 0 Å². The molecule has 5 heteroatoms. The van der Waals surface area contributed by atoms with Crippen LogP contribution in [0.3, 0.4) is 0 Å². The molecule has 0 bridgehead atoms. The van der Waals surface area contributed by atoms with Crippen molar-refractivity contribution in [2.45, 2.75) is 33.1 Å². The topological polar surface area (TPSA) is 36.4 Å². The summed E-state index contributed by atoms with van der Waals surface area (Å²) in [5, 5.41) is 0.931. The number of carbonyl (C=O) groups is 1.